The largest absolute Gasteiger partial charge is 0.326 e. The number of aryl methyl sites for hydroxylation is 2. The van der Waals surface area contributed by atoms with Crippen molar-refractivity contribution in [3.63, 3.8) is 0 Å². The van der Waals surface area contributed by atoms with Gasteiger partial charge in [0, 0.05) is 5.69 Å². The minimum Gasteiger partial charge on any atom is -0.326 e. The molecule has 2 nitrogen and oxygen atoms in total. The van der Waals surface area contributed by atoms with Crippen LogP contribution in [0.15, 0.2) is 42.5 Å². The Balaban J connectivity index is 2.14. The molecular formula is C20H25NO. The highest BCUT2D eigenvalue weighted by atomic mass is 16.1. The van der Waals surface area contributed by atoms with Crippen LogP contribution in [0.1, 0.15) is 43.0 Å². The topological polar surface area (TPSA) is 29.1 Å². The smallest absolute Gasteiger partial charge is 0.228 e. The van der Waals surface area contributed by atoms with E-state index in [2.05, 4.69) is 58.1 Å². The maximum Gasteiger partial charge on any atom is 0.228 e. The maximum absolute atomic E-state index is 12.3. The predicted molar refractivity (Wildman–Crippen MR) is 93.4 cm³/mol. The standard InChI is InChI=1S/C20H25NO/c1-14-10-11-16(12-15(14)2)13-19(22)21-18-9-7-6-8-17(18)20(3,4)5/h6-12H,13H2,1-5H3,(H,21,22). The fourth-order valence-corrected chi connectivity index (χ4v) is 2.54. The molecule has 0 bridgehead atoms. The summed E-state index contributed by atoms with van der Waals surface area (Å²) in [4.78, 5) is 12.3. The van der Waals surface area contributed by atoms with Crippen molar-refractivity contribution in [3.8, 4) is 0 Å². The normalized spacial score (nSPS) is 11.3. The molecule has 2 aromatic carbocycles. The molecule has 2 aromatic rings. The summed E-state index contributed by atoms with van der Waals surface area (Å²) in [6, 6.07) is 14.2. The molecule has 1 N–H and O–H groups in total. The second-order valence-electron chi connectivity index (χ2n) is 6.94. The number of hydrogen-bond donors (Lipinski definition) is 1. The Hall–Kier alpha value is -2.09. The van der Waals surface area contributed by atoms with Crippen LogP contribution in [0, 0.1) is 13.8 Å². The number of para-hydroxylation sites is 1. The SMILES string of the molecule is Cc1ccc(CC(=O)Nc2ccccc2C(C)(C)C)cc1C. The van der Waals surface area contributed by atoms with E-state index in [0.29, 0.717) is 6.42 Å². The quantitative estimate of drug-likeness (QED) is 0.867. The van der Waals surface area contributed by atoms with Crippen molar-refractivity contribution in [1.82, 2.24) is 0 Å². The molecule has 1 amide bonds. The Labute approximate surface area is 133 Å². The molecule has 0 atom stereocenters. The van der Waals surface area contributed by atoms with E-state index in [0.717, 1.165) is 16.8 Å². The van der Waals surface area contributed by atoms with E-state index in [1.165, 1.54) is 11.1 Å². The summed E-state index contributed by atoms with van der Waals surface area (Å²) >= 11 is 0. The second kappa shape index (κ2) is 6.35. The van der Waals surface area contributed by atoms with Crippen molar-refractivity contribution < 1.29 is 4.79 Å². The van der Waals surface area contributed by atoms with Crippen LogP contribution in [-0.2, 0) is 16.6 Å². The van der Waals surface area contributed by atoms with Gasteiger partial charge >= 0.3 is 0 Å². The molecule has 0 unspecified atom stereocenters. The summed E-state index contributed by atoms with van der Waals surface area (Å²) in [6.45, 7) is 10.6. The highest BCUT2D eigenvalue weighted by Gasteiger charge is 2.18. The average molecular weight is 295 g/mol. The summed E-state index contributed by atoms with van der Waals surface area (Å²) in [6.07, 6.45) is 0.402. The molecule has 2 heteroatoms. The van der Waals surface area contributed by atoms with Crippen LogP contribution in [0.3, 0.4) is 0 Å². The molecule has 0 heterocycles. The summed E-state index contributed by atoms with van der Waals surface area (Å²) in [5.74, 6) is 0.0277. The molecule has 0 aliphatic heterocycles. The number of anilines is 1. The first-order valence-corrected chi connectivity index (χ1v) is 7.73. The molecule has 0 aliphatic rings. The number of carbonyl (C=O) groups is 1. The molecule has 22 heavy (non-hydrogen) atoms. The van der Waals surface area contributed by atoms with E-state index in [1.807, 2.05) is 24.3 Å². The summed E-state index contributed by atoms with van der Waals surface area (Å²) in [7, 11) is 0. The third-order valence-electron chi connectivity index (χ3n) is 3.95. The van der Waals surface area contributed by atoms with Gasteiger partial charge in [-0.15, -0.1) is 0 Å². The zero-order valence-electron chi connectivity index (χ0n) is 14.2. The van der Waals surface area contributed by atoms with Gasteiger partial charge in [-0.25, -0.2) is 0 Å². The van der Waals surface area contributed by atoms with Crippen molar-refractivity contribution in [2.75, 3.05) is 5.32 Å². The first-order chi connectivity index (χ1) is 10.3. The lowest BCUT2D eigenvalue weighted by Gasteiger charge is -2.23. The number of rotatable bonds is 3. The molecule has 0 saturated heterocycles. The number of carbonyl (C=O) groups excluding carboxylic acids is 1. The summed E-state index contributed by atoms with van der Waals surface area (Å²) in [5, 5.41) is 3.06. The Kier molecular flexibility index (Phi) is 4.70. The van der Waals surface area contributed by atoms with Crippen molar-refractivity contribution >= 4 is 11.6 Å². The number of benzene rings is 2. The Morgan fingerprint density at radius 3 is 2.32 bits per heavy atom. The zero-order chi connectivity index (χ0) is 16.3. The lowest BCUT2D eigenvalue weighted by Crippen LogP contribution is -2.19. The van der Waals surface area contributed by atoms with E-state index in [1.54, 1.807) is 0 Å². The third kappa shape index (κ3) is 3.97. The van der Waals surface area contributed by atoms with Crippen molar-refractivity contribution in [3.05, 3.63) is 64.7 Å². The van der Waals surface area contributed by atoms with E-state index < -0.39 is 0 Å². The van der Waals surface area contributed by atoms with Crippen LogP contribution in [-0.4, -0.2) is 5.91 Å². The highest BCUT2D eigenvalue weighted by molar-refractivity contribution is 5.93. The van der Waals surface area contributed by atoms with Gasteiger partial charge in [0.05, 0.1) is 6.42 Å². The van der Waals surface area contributed by atoms with Gasteiger partial charge in [-0.3, -0.25) is 4.79 Å². The Bertz CT molecular complexity index is 680. The van der Waals surface area contributed by atoms with E-state index in [-0.39, 0.29) is 11.3 Å². The van der Waals surface area contributed by atoms with Crippen molar-refractivity contribution in [2.24, 2.45) is 0 Å². The monoisotopic (exact) mass is 295 g/mol. The average Bonchev–Trinajstić information content (AvgIpc) is 2.42. The summed E-state index contributed by atoms with van der Waals surface area (Å²) in [5.41, 5.74) is 5.59. The number of nitrogens with one attached hydrogen (secondary N) is 1. The fraction of sp³-hybridized carbons (Fsp3) is 0.350. The fourth-order valence-electron chi connectivity index (χ4n) is 2.54. The van der Waals surface area contributed by atoms with Gasteiger partial charge in [0.2, 0.25) is 5.91 Å². The maximum atomic E-state index is 12.3. The van der Waals surface area contributed by atoms with Crippen LogP contribution in [0.2, 0.25) is 0 Å². The van der Waals surface area contributed by atoms with Gasteiger partial charge < -0.3 is 5.32 Å². The van der Waals surface area contributed by atoms with Gasteiger partial charge in [0.25, 0.3) is 0 Å². The molecule has 0 radical (unpaired) electrons. The third-order valence-corrected chi connectivity index (χ3v) is 3.95. The molecule has 0 aliphatic carbocycles. The van der Waals surface area contributed by atoms with Crippen LogP contribution >= 0.6 is 0 Å². The van der Waals surface area contributed by atoms with Crippen LogP contribution < -0.4 is 5.32 Å². The van der Waals surface area contributed by atoms with Crippen molar-refractivity contribution in [1.29, 1.82) is 0 Å². The predicted octanol–water partition coefficient (Wildman–Crippen LogP) is 4.78. The van der Waals surface area contributed by atoms with E-state index in [9.17, 15) is 4.79 Å². The first-order valence-electron chi connectivity index (χ1n) is 7.73. The minimum absolute atomic E-state index is 0.00429. The molecule has 0 aromatic heterocycles. The lowest BCUT2D eigenvalue weighted by molar-refractivity contribution is -0.115. The van der Waals surface area contributed by atoms with Gasteiger partial charge in [0.1, 0.15) is 0 Å². The van der Waals surface area contributed by atoms with Crippen LogP contribution in [0.25, 0.3) is 0 Å². The van der Waals surface area contributed by atoms with Crippen LogP contribution in [0.4, 0.5) is 5.69 Å². The Morgan fingerprint density at radius 1 is 1.00 bits per heavy atom. The molecule has 0 spiro atoms. The van der Waals surface area contributed by atoms with Gasteiger partial charge in [-0.2, -0.15) is 0 Å². The molecule has 2 rings (SSSR count). The molecule has 0 saturated carbocycles. The van der Waals surface area contributed by atoms with Gasteiger partial charge in [-0.05, 0) is 47.6 Å². The van der Waals surface area contributed by atoms with Crippen molar-refractivity contribution in [2.45, 2.75) is 46.5 Å². The zero-order valence-corrected chi connectivity index (χ0v) is 14.2. The van der Waals surface area contributed by atoms with Gasteiger partial charge in [0.15, 0.2) is 0 Å². The Morgan fingerprint density at radius 2 is 1.68 bits per heavy atom. The van der Waals surface area contributed by atoms with E-state index in [4.69, 9.17) is 0 Å². The highest BCUT2D eigenvalue weighted by Crippen LogP contribution is 2.29. The molecule has 0 fully saturated rings. The number of hydrogen-bond acceptors (Lipinski definition) is 1. The minimum atomic E-state index is 0.00429. The number of amides is 1. The first kappa shape index (κ1) is 16.3. The van der Waals surface area contributed by atoms with E-state index >= 15 is 0 Å². The van der Waals surface area contributed by atoms with Gasteiger partial charge in [-0.1, -0.05) is 57.2 Å². The van der Waals surface area contributed by atoms with Crippen LogP contribution in [0.5, 0.6) is 0 Å². The molecular weight excluding hydrogens is 270 g/mol. The molecule has 116 valence electrons. The lowest BCUT2D eigenvalue weighted by atomic mass is 9.86. The second-order valence-corrected chi connectivity index (χ2v) is 6.94. The summed E-state index contributed by atoms with van der Waals surface area (Å²) < 4.78 is 0.